The van der Waals surface area contributed by atoms with E-state index in [1.54, 1.807) is 6.20 Å². The van der Waals surface area contributed by atoms with E-state index in [0.29, 0.717) is 30.7 Å². The van der Waals surface area contributed by atoms with Crippen molar-refractivity contribution in [2.75, 3.05) is 13.2 Å². The molecule has 206 valence electrons. The molecule has 1 aromatic carbocycles. The summed E-state index contributed by atoms with van der Waals surface area (Å²) in [6, 6.07) is 10.1. The standard InChI is InChI=1S/C33H52N2O2/c1-2-3-4-5-6-8-11-19-26-36-31-28-34-32(30-24-15-13-16-25-30)35-33(31)37-27-20-12-9-7-10-14-21-29-22-17-18-23-29/h13,15-16,24-25,28-29H,2-12,14,17-23,26-27H2,1H3. The van der Waals surface area contributed by atoms with Crippen molar-refractivity contribution in [2.24, 2.45) is 5.92 Å². The van der Waals surface area contributed by atoms with Crippen molar-refractivity contribution >= 4 is 0 Å². The van der Waals surface area contributed by atoms with Gasteiger partial charge >= 0.3 is 0 Å². The Kier molecular flexibility index (Phi) is 15.2. The molecule has 1 aliphatic rings. The van der Waals surface area contributed by atoms with Crippen LogP contribution in [-0.2, 0) is 0 Å². The van der Waals surface area contributed by atoms with E-state index in [4.69, 9.17) is 14.5 Å². The van der Waals surface area contributed by atoms with Gasteiger partial charge in [-0.05, 0) is 18.8 Å². The van der Waals surface area contributed by atoms with Crippen molar-refractivity contribution in [3.8, 4) is 23.0 Å². The van der Waals surface area contributed by atoms with Gasteiger partial charge < -0.3 is 9.47 Å². The van der Waals surface area contributed by atoms with E-state index in [2.05, 4.69) is 11.9 Å². The Bertz CT molecular complexity index is 820. The van der Waals surface area contributed by atoms with Crippen LogP contribution in [-0.4, -0.2) is 23.2 Å². The topological polar surface area (TPSA) is 44.2 Å². The van der Waals surface area contributed by atoms with E-state index < -0.39 is 0 Å². The molecule has 0 radical (unpaired) electrons. The molecule has 0 aliphatic heterocycles. The fourth-order valence-corrected chi connectivity index (χ4v) is 5.41. The zero-order valence-electron chi connectivity index (χ0n) is 23.6. The molecular formula is C33H52N2O2. The van der Waals surface area contributed by atoms with Gasteiger partial charge in [-0.2, -0.15) is 4.98 Å². The Hall–Kier alpha value is -2.10. The molecule has 3 rings (SSSR count). The third-order valence-electron chi connectivity index (χ3n) is 7.73. The van der Waals surface area contributed by atoms with Gasteiger partial charge in [-0.25, -0.2) is 4.98 Å². The Morgan fingerprint density at radius 1 is 0.703 bits per heavy atom. The second kappa shape index (κ2) is 19.0. The predicted octanol–water partition coefficient (Wildman–Crippen LogP) is 9.96. The van der Waals surface area contributed by atoms with Crippen LogP contribution in [0.2, 0.25) is 0 Å². The highest BCUT2D eigenvalue weighted by Gasteiger charge is 2.14. The van der Waals surface area contributed by atoms with E-state index in [1.165, 1.54) is 109 Å². The molecule has 0 spiro atoms. The van der Waals surface area contributed by atoms with Gasteiger partial charge in [-0.3, -0.25) is 0 Å². The molecule has 1 aliphatic carbocycles. The molecule has 4 nitrogen and oxygen atoms in total. The summed E-state index contributed by atoms with van der Waals surface area (Å²) in [6.45, 7) is 3.65. The third-order valence-corrected chi connectivity index (χ3v) is 7.73. The lowest BCUT2D eigenvalue weighted by atomic mass is 9.99. The molecule has 0 atom stereocenters. The summed E-state index contributed by atoms with van der Waals surface area (Å²) >= 11 is 0. The normalized spacial score (nSPS) is 13.8. The fraction of sp³-hybridized carbons (Fsp3) is 0.697. The molecule has 1 heterocycles. The average Bonchev–Trinajstić information content (AvgIpc) is 3.46. The number of unbranched alkanes of at least 4 members (excludes halogenated alkanes) is 12. The van der Waals surface area contributed by atoms with Gasteiger partial charge in [0.1, 0.15) is 0 Å². The van der Waals surface area contributed by atoms with Gasteiger partial charge in [0.2, 0.25) is 0 Å². The van der Waals surface area contributed by atoms with Crippen LogP contribution in [0.5, 0.6) is 11.6 Å². The maximum atomic E-state index is 6.15. The quantitative estimate of drug-likeness (QED) is 0.157. The molecule has 1 fully saturated rings. The van der Waals surface area contributed by atoms with Crippen molar-refractivity contribution in [1.29, 1.82) is 0 Å². The van der Waals surface area contributed by atoms with E-state index >= 15 is 0 Å². The zero-order chi connectivity index (χ0) is 25.8. The van der Waals surface area contributed by atoms with Gasteiger partial charge in [0.25, 0.3) is 5.88 Å². The van der Waals surface area contributed by atoms with Gasteiger partial charge in [0.15, 0.2) is 11.6 Å². The first-order chi connectivity index (χ1) is 18.4. The molecule has 0 N–H and O–H groups in total. The lowest BCUT2D eigenvalue weighted by Gasteiger charge is -2.13. The summed E-state index contributed by atoms with van der Waals surface area (Å²) in [5.41, 5.74) is 1.000. The van der Waals surface area contributed by atoms with Crippen LogP contribution >= 0.6 is 0 Å². The second-order valence-corrected chi connectivity index (χ2v) is 11.0. The first kappa shape index (κ1) is 29.5. The first-order valence-corrected chi connectivity index (χ1v) is 15.5. The molecule has 37 heavy (non-hydrogen) atoms. The molecular weight excluding hydrogens is 456 g/mol. The maximum absolute atomic E-state index is 6.15. The van der Waals surface area contributed by atoms with Gasteiger partial charge in [0, 0.05) is 5.56 Å². The smallest absolute Gasteiger partial charge is 0.260 e. The van der Waals surface area contributed by atoms with Gasteiger partial charge in [-0.15, -0.1) is 0 Å². The largest absolute Gasteiger partial charge is 0.487 e. The van der Waals surface area contributed by atoms with Gasteiger partial charge in [-0.1, -0.05) is 146 Å². The van der Waals surface area contributed by atoms with Crippen molar-refractivity contribution in [3.05, 3.63) is 36.5 Å². The minimum Gasteiger partial charge on any atom is -0.487 e. The van der Waals surface area contributed by atoms with Crippen LogP contribution in [0.25, 0.3) is 11.4 Å². The van der Waals surface area contributed by atoms with Crippen molar-refractivity contribution in [1.82, 2.24) is 9.97 Å². The van der Waals surface area contributed by atoms with Crippen LogP contribution < -0.4 is 9.47 Å². The summed E-state index contributed by atoms with van der Waals surface area (Å²) in [5.74, 6) is 2.99. The Morgan fingerprint density at radius 3 is 1.97 bits per heavy atom. The zero-order valence-corrected chi connectivity index (χ0v) is 23.6. The molecule has 1 aromatic heterocycles. The summed E-state index contributed by atoms with van der Waals surface area (Å²) in [6.07, 6.45) is 27.2. The summed E-state index contributed by atoms with van der Waals surface area (Å²) < 4.78 is 12.2. The summed E-state index contributed by atoms with van der Waals surface area (Å²) in [4.78, 5) is 9.30. The Morgan fingerprint density at radius 2 is 1.30 bits per heavy atom. The number of benzene rings is 1. The van der Waals surface area contributed by atoms with Crippen LogP contribution in [0, 0.1) is 5.92 Å². The van der Waals surface area contributed by atoms with Crippen LogP contribution in [0.3, 0.4) is 0 Å². The van der Waals surface area contributed by atoms with Crippen LogP contribution in [0.4, 0.5) is 0 Å². The van der Waals surface area contributed by atoms with E-state index in [0.717, 1.165) is 24.3 Å². The van der Waals surface area contributed by atoms with Crippen molar-refractivity contribution in [3.63, 3.8) is 0 Å². The number of ether oxygens (including phenoxy) is 2. The SMILES string of the molecule is CCCCCCCCCCOc1cnc(-c2ccccc2)nc1OCCCCCCCCC1CCCC1. The van der Waals surface area contributed by atoms with Crippen molar-refractivity contribution < 1.29 is 9.47 Å². The average molecular weight is 509 g/mol. The number of nitrogens with zero attached hydrogens (tertiary/aromatic N) is 2. The monoisotopic (exact) mass is 508 g/mol. The summed E-state index contributed by atoms with van der Waals surface area (Å²) in [7, 11) is 0. The minimum absolute atomic E-state index is 0.588. The maximum Gasteiger partial charge on any atom is 0.260 e. The predicted molar refractivity (Wildman–Crippen MR) is 155 cm³/mol. The second-order valence-electron chi connectivity index (χ2n) is 11.0. The van der Waals surface area contributed by atoms with E-state index in [9.17, 15) is 0 Å². The van der Waals surface area contributed by atoms with Crippen molar-refractivity contribution in [2.45, 2.75) is 129 Å². The molecule has 4 heteroatoms. The number of hydrogen-bond donors (Lipinski definition) is 0. The minimum atomic E-state index is 0.588. The highest BCUT2D eigenvalue weighted by atomic mass is 16.5. The number of hydrogen-bond acceptors (Lipinski definition) is 4. The molecule has 0 saturated heterocycles. The van der Waals surface area contributed by atoms with Crippen LogP contribution in [0.15, 0.2) is 36.5 Å². The molecule has 0 unspecified atom stereocenters. The van der Waals surface area contributed by atoms with Gasteiger partial charge in [0.05, 0.1) is 19.4 Å². The lowest BCUT2D eigenvalue weighted by Crippen LogP contribution is -2.06. The lowest BCUT2D eigenvalue weighted by molar-refractivity contribution is 0.249. The number of rotatable bonds is 21. The van der Waals surface area contributed by atoms with Crippen LogP contribution in [0.1, 0.15) is 129 Å². The molecule has 1 saturated carbocycles. The van der Waals surface area contributed by atoms with E-state index in [-0.39, 0.29) is 0 Å². The molecule has 2 aromatic rings. The third kappa shape index (κ3) is 12.3. The fourth-order valence-electron chi connectivity index (χ4n) is 5.41. The summed E-state index contributed by atoms with van der Waals surface area (Å²) in [5, 5.41) is 0. The number of aromatic nitrogens is 2. The highest BCUT2D eigenvalue weighted by Crippen LogP contribution is 2.30. The Labute approximate surface area is 227 Å². The molecule has 0 bridgehead atoms. The molecule has 0 amide bonds. The van der Waals surface area contributed by atoms with E-state index in [1.807, 2.05) is 30.3 Å². The highest BCUT2D eigenvalue weighted by molar-refractivity contribution is 5.56. The first-order valence-electron chi connectivity index (χ1n) is 15.5. The Balaban J connectivity index is 1.36.